The zero-order chi connectivity index (χ0) is 19.6. The molecule has 0 aromatic rings. The standard InChI is InChI=1S/C24H50N2/c1-7-9-10-13-17-21-24(26(6)25(4)5)22-18-15-12-11-14-16-20-23(3)19-8-2/h24H,3,7-22H2,1-2,4-6H3. The van der Waals surface area contributed by atoms with Gasteiger partial charge in [0.05, 0.1) is 0 Å². The van der Waals surface area contributed by atoms with E-state index in [2.05, 4.69) is 51.6 Å². The molecule has 1 unspecified atom stereocenters. The minimum absolute atomic E-state index is 0.726. The largest absolute Gasteiger partial charge is 0.248 e. The van der Waals surface area contributed by atoms with Gasteiger partial charge in [0, 0.05) is 27.2 Å². The molecule has 0 aromatic heterocycles. The molecule has 1 atom stereocenters. The first-order chi connectivity index (χ1) is 12.5. The lowest BCUT2D eigenvalue weighted by atomic mass is 9.99. The molecule has 0 spiro atoms. The molecule has 26 heavy (non-hydrogen) atoms. The normalized spacial score (nSPS) is 12.9. The molecule has 0 amide bonds. The summed E-state index contributed by atoms with van der Waals surface area (Å²) in [5, 5.41) is 4.72. The van der Waals surface area contributed by atoms with Crippen LogP contribution >= 0.6 is 0 Å². The zero-order valence-corrected chi connectivity index (χ0v) is 19.0. The van der Waals surface area contributed by atoms with E-state index in [4.69, 9.17) is 0 Å². The van der Waals surface area contributed by atoms with Crippen molar-refractivity contribution in [3.8, 4) is 0 Å². The third-order valence-corrected chi connectivity index (χ3v) is 5.72. The van der Waals surface area contributed by atoms with Crippen molar-refractivity contribution in [3.63, 3.8) is 0 Å². The first-order valence-electron chi connectivity index (χ1n) is 11.6. The molecule has 0 aliphatic heterocycles. The second kappa shape index (κ2) is 18.0. The number of hydrogen-bond acceptors (Lipinski definition) is 2. The van der Waals surface area contributed by atoms with E-state index in [0.29, 0.717) is 0 Å². The van der Waals surface area contributed by atoms with Crippen molar-refractivity contribution in [1.82, 2.24) is 10.0 Å². The van der Waals surface area contributed by atoms with Crippen molar-refractivity contribution in [2.45, 2.75) is 123 Å². The second-order valence-electron chi connectivity index (χ2n) is 8.44. The van der Waals surface area contributed by atoms with Gasteiger partial charge in [-0.1, -0.05) is 96.6 Å². The molecule has 0 N–H and O–H groups in total. The molecule has 156 valence electrons. The summed E-state index contributed by atoms with van der Waals surface area (Å²) in [5.74, 6) is 0. The number of hydrazine groups is 1. The highest BCUT2D eigenvalue weighted by Gasteiger charge is 2.15. The van der Waals surface area contributed by atoms with E-state index >= 15 is 0 Å². The maximum atomic E-state index is 4.17. The summed E-state index contributed by atoms with van der Waals surface area (Å²) >= 11 is 0. The van der Waals surface area contributed by atoms with Gasteiger partial charge < -0.3 is 0 Å². The number of rotatable bonds is 19. The van der Waals surface area contributed by atoms with E-state index in [9.17, 15) is 0 Å². The summed E-state index contributed by atoms with van der Waals surface area (Å²) in [5.41, 5.74) is 1.46. The van der Waals surface area contributed by atoms with Crippen molar-refractivity contribution in [2.75, 3.05) is 21.1 Å². The van der Waals surface area contributed by atoms with E-state index < -0.39 is 0 Å². The summed E-state index contributed by atoms with van der Waals surface area (Å²) in [7, 11) is 6.62. The van der Waals surface area contributed by atoms with Crippen LogP contribution in [0.3, 0.4) is 0 Å². The number of unbranched alkanes of at least 4 members (excludes halogenated alkanes) is 9. The molecule has 0 aliphatic rings. The smallest absolute Gasteiger partial charge is 0.0242 e. The third-order valence-electron chi connectivity index (χ3n) is 5.72. The Morgan fingerprint density at radius 3 is 1.65 bits per heavy atom. The van der Waals surface area contributed by atoms with Gasteiger partial charge in [-0.25, -0.2) is 10.0 Å². The minimum Gasteiger partial charge on any atom is -0.248 e. The first-order valence-corrected chi connectivity index (χ1v) is 11.6. The van der Waals surface area contributed by atoms with Crippen LogP contribution in [-0.2, 0) is 0 Å². The molecule has 0 radical (unpaired) electrons. The molecule has 0 aromatic carbocycles. The van der Waals surface area contributed by atoms with E-state index in [-0.39, 0.29) is 0 Å². The van der Waals surface area contributed by atoms with Crippen molar-refractivity contribution < 1.29 is 0 Å². The SMILES string of the molecule is C=C(CCC)CCCCCCCCC(CCCCCCC)N(C)N(C)C. The quantitative estimate of drug-likeness (QED) is 0.132. The van der Waals surface area contributed by atoms with Crippen LogP contribution in [-0.4, -0.2) is 37.2 Å². The Labute approximate surface area is 166 Å². The van der Waals surface area contributed by atoms with Crippen LogP contribution in [0.15, 0.2) is 12.2 Å². The summed E-state index contributed by atoms with van der Waals surface area (Å²) in [6.07, 6.45) is 21.8. The maximum absolute atomic E-state index is 4.17. The highest BCUT2D eigenvalue weighted by molar-refractivity contribution is 4.92. The summed E-state index contributed by atoms with van der Waals surface area (Å²) in [6, 6.07) is 0.726. The van der Waals surface area contributed by atoms with Gasteiger partial charge in [-0.15, -0.1) is 0 Å². The minimum atomic E-state index is 0.726. The fourth-order valence-electron chi connectivity index (χ4n) is 3.77. The highest BCUT2D eigenvalue weighted by atomic mass is 15.6. The van der Waals surface area contributed by atoms with Gasteiger partial charge in [-0.3, -0.25) is 0 Å². The van der Waals surface area contributed by atoms with Crippen LogP contribution < -0.4 is 0 Å². The lowest BCUT2D eigenvalue weighted by Crippen LogP contribution is -2.41. The Bertz CT molecular complexity index is 311. The van der Waals surface area contributed by atoms with Gasteiger partial charge in [0.25, 0.3) is 0 Å². The van der Waals surface area contributed by atoms with Gasteiger partial charge >= 0.3 is 0 Å². The average molecular weight is 367 g/mol. The van der Waals surface area contributed by atoms with Crippen molar-refractivity contribution in [2.24, 2.45) is 0 Å². The molecule has 0 rings (SSSR count). The Hall–Kier alpha value is -0.340. The van der Waals surface area contributed by atoms with Gasteiger partial charge in [0.15, 0.2) is 0 Å². The summed E-state index contributed by atoms with van der Waals surface area (Å²) in [4.78, 5) is 0. The zero-order valence-electron chi connectivity index (χ0n) is 19.0. The lowest BCUT2D eigenvalue weighted by molar-refractivity contribution is 0.00109. The average Bonchev–Trinajstić information content (AvgIpc) is 2.61. The van der Waals surface area contributed by atoms with Crippen molar-refractivity contribution >= 4 is 0 Å². The Kier molecular flexibility index (Phi) is 17.8. The Morgan fingerprint density at radius 2 is 1.15 bits per heavy atom. The highest BCUT2D eigenvalue weighted by Crippen LogP contribution is 2.19. The number of allylic oxidation sites excluding steroid dienone is 1. The van der Waals surface area contributed by atoms with Crippen LogP contribution in [0.25, 0.3) is 0 Å². The predicted octanol–water partition coefficient (Wildman–Crippen LogP) is 7.60. The molecule has 0 saturated carbocycles. The summed E-state index contributed by atoms with van der Waals surface area (Å²) in [6.45, 7) is 8.72. The van der Waals surface area contributed by atoms with Gasteiger partial charge in [-0.2, -0.15) is 0 Å². The Morgan fingerprint density at radius 1 is 0.654 bits per heavy atom. The lowest BCUT2D eigenvalue weighted by Gasteiger charge is -2.33. The number of hydrogen-bond donors (Lipinski definition) is 0. The van der Waals surface area contributed by atoms with E-state index in [0.717, 1.165) is 6.04 Å². The predicted molar refractivity (Wildman–Crippen MR) is 120 cm³/mol. The molecule has 2 nitrogen and oxygen atoms in total. The van der Waals surface area contributed by atoms with Crippen molar-refractivity contribution in [3.05, 3.63) is 12.2 Å². The molecule has 0 saturated heterocycles. The van der Waals surface area contributed by atoms with Crippen LogP contribution in [0.5, 0.6) is 0 Å². The first kappa shape index (κ1) is 25.7. The van der Waals surface area contributed by atoms with E-state index in [1.54, 1.807) is 0 Å². The van der Waals surface area contributed by atoms with Crippen LogP contribution in [0, 0.1) is 0 Å². The molecule has 0 bridgehead atoms. The van der Waals surface area contributed by atoms with Gasteiger partial charge in [0.1, 0.15) is 0 Å². The topological polar surface area (TPSA) is 6.48 Å². The Balaban J connectivity index is 3.79. The van der Waals surface area contributed by atoms with E-state index in [1.165, 1.54) is 108 Å². The third kappa shape index (κ3) is 14.8. The van der Waals surface area contributed by atoms with Crippen LogP contribution in [0.1, 0.15) is 117 Å². The van der Waals surface area contributed by atoms with Gasteiger partial charge in [-0.05, 0) is 32.1 Å². The van der Waals surface area contributed by atoms with Crippen LogP contribution in [0.2, 0.25) is 0 Å². The molecule has 0 heterocycles. The van der Waals surface area contributed by atoms with Crippen LogP contribution in [0.4, 0.5) is 0 Å². The van der Waals surface area contributed by atoms with Gasteiger partial charge in [0.2, 0.25) is 0 Å². The fourth-order valence-corrected chi connectivity index (χ4v) is 3.77. The maximum Gasteiger partial charge on any atom is 0.0242 e. The van der Waals surface area contributed by atoms with Crippen molar-refractivity contribution in [1.29, 1.82) is 0 Å². The molecule has 0 fully saturated rings. The molecular weight excluding hydrogens is 316 g/mol. The molecular formula is C24H50N2. The fraction of sp³-hybridized carbons (Fsp3) is 0.917. The molecule has 0 aliphatic carbocycles. The van der Waals surface area contributed by atoms with E-state index in [1.807, 2.05) is 0 Å². The summed E-state index contributed by atoms with van der Waals surface area (Å²) < 4.78 is 0. The number of nitrogens with zero attached hydrogens (tertiary/aromatic N) is 2. The molecule has 2 heteroatoms. The monoisotopic (exact) mass is 366 g/mol. The second-order valence-corrected chi connectivity index (χ2v) is 8.44.